The van der Waals surface area contributed by atoms with E-state index in [2.05, 4.69) is 29.1 Å². The molecule has 3 N–H and O–H groups in total. The first kappa shape index (κ1) is 28.5. The largest absolute Gasteiger partial charge is 0.497 e. The highest BCUT2D eigenvalue weighted by atomic mass is 16.5. The third-order valence-electron chi connectivity index (χ3n) is 6.72. The number of ether oxygens (including phenoxy) is 1. The van der Waals surface area contributed by atoms with E-state index in [0.29, 0.717) is 41.4 Å². The molecule has 208 valence electrons. The van der Waals surface area contributed by atoms with Crippen molar-refractivity contribution in [2.75, 3.05) is 25.5 Å². The van der Waals surface area contributed by atoms with Gasteiger partial charge in [0.25, 0.3) is 5.91 Å². The minimum absolute atomic E-state index is 0.0177. The Morgan fingerprint density at radius 3 is 2.40 bits per heavy atom. The molecule has 0 atom stereocenters. The number of pyridine rings is 1. The molecule has 8 heteroatoms. The first-order valence-electron chi connectivity index (χ1n) is 13.7. The van der Waals surface area contributed by atoms with Crippen molar-refractivity contribution in [2.24, 2.45) is 10.7 Å². The van der Waals surface area contributed by atoms with E-state index in [9.17, 15) is 9.59 Å². The van der Waals surface area contributed by atoms with Crippen molar-refractivity contribution in [1.29, 1.82) is 0 Å². The van der Waals surface area contributed by atoms with Gasteiger partial charge >= 0.3 is 0 Å². The lowest BCUT2D eigenvalue weighted by Crippen LogP contribution is -2.34. The number of hydrogen-bond donors (Lipinski definition) is 2. The maximum absolute atomic E-state index is 13.2. The van der Waals surface area contributed by atoms with E-state index in [1.165, 1.54) is 5.56 Å². The Balaban J connectivity index is 1.46. The lowest BCUT2D eigenvalue weighted by Gasteiger charge is -2.22. The molecule has 4 rings (SSSR count). The Hall–Kier alpha value is -4.46. The number of aryl methyl sites for hydroxylation is 2. The number of carbonyl (C=O) groups is 2. The van der Waals surface area contributed by atoms with Gasteiger partial charge in [-0.05, 0) is 73.2 Å². The van der Waals surface area contributed by atoms with E-state index < -0.39 is 0 Å². The molecule has 0 unspecified atom stereocenters. The number of carbonyl (C=O) groups excluding carboxylic acids is 2. The van der Waals surface area contributed by atoms with Gasteiger partial charge in [0, 0.05) is 42.4 Å². The number of amidine groups is 1. The molecule has 1 aliphatic rings. The zero-order chi connectivity index (χ0) is 28.5. The number of benzene rings is 2. The van der Waals surface area contributed by atoms with Crippen LogP contribution in [0.4, 0.5) is 11.4 Å². The summed E-state index contributed by atoms with van der Waals surface area (Å²) in [6.45, 7) is 5.52. The molecule has 0 saturated carbocycles. The summed E-state index contributed by atoms with van der Waals surface area (Å²) in [5.74, 6) is 0.887. The van der Waals surface area contributed by atoms with Crippen LogP contribution in [0.3, 0.4) is 0 Å². The second-order valence-corrected chi connectivity index (χ2v) is 9.90. The maximum atomic E-state index is 13.2. The summed E-state index contributed by atoms with van der Waals surface area (Å²) in [5.41, 5.74) is 11.4. The van der Waals surface area contributed by atoms with E-state index in [4.69, 9.17) is 10.5 Å². The molecule has 0 spiro atoms. The predicted octanol–water partition coefficient (Wildman–Crippen LogP) is 5.55. The number of nitrogens with zero attached hydrogens (tertiary/aromatic N) is 3. The van der Waals surface area contributed by atoms with E-state index in [1.54, 1.807) is 25.4 Å². The first-order valence-corrected chi connectivity index (χ1v) is 13.7. The quantitative estimate of drug-likeness (QED) is 0.332. The van der Waals surface area contributed by atoms with Crippen molar-refractivity contribution in [3.05, 3.63) is 88.8 Å². The van der Waals surface area contributed by atoms with Crippen molar-refractivity contribution in [3.63, 3.8) is 0 Å². The summed E-state index contributed by atoms with van der Waals surface area (Å²) >= 11 is 0. The van der Waals surface area contributed by atoms with Crippen LogP contribution in [0.1, 0.15) is 60.2 Å². The number of nitrogens with two attached hydrogens (primary N) is 1. The van der Waals surface area contributed by atoms with Crippen LogP contribution in [0.2, 0.25) is 0 Å². The Morgan fingerprint density at radius 1 is 0.975 bits per heavy atom. The van der Waals surface area contributed by atoms with Crippen molar-refractivity contribution < 1.29 is 14.3 Å². The van der Waals surface area contributed by atoms with Crippen molar-refractivity contribution in [1.82, 2.24) is 9.88 Å². The van der Waals surface area contributed by atoms with Gasteiger partial charge in [-0.25, -0.2) is 4.99 Å². The Bertz CT molecular complexity index is 1410. The average molecular weight is 540 g/mol. The monoisotopic (exact) mass is 539 g/mol. The minimum Gasteiger partial charge on any atom is -0.497 e. The smallest absolute Gasteiger partial charge is 0.255 e. The SMILES string of the molecule is CCCN(CCC)C(=O)C1=Cc2ccc(C(=O)Nc3cncc(CCc4ccc(OC)cc4)c3)cc2N=C(N)C1. The van der Waals surface area contributed by atoms with Crippen LogP contribution in [0.25, 0.3) is 6.08 Å². The first-order chi connectivity index (χ1) is 19.4. The fourth-order valence-electron chi connectivity index (χ4n) is 4.70. The number of aliphatic imine (C=N–C) groups is 1. The highest BCUT2D eigenvalue weighted by Crippen LogP contribution is 2.29. The Morgan fingerprint density at radius 2 is 1.70 bits per heavy atom. The highest BCUT2D eigenvalue weighted by Gasteiger charge is 2.21. The van der Waals surface area contributed by atoms with Crippen LogP contribution in [-0.4, -0.2) is 47.7 Å². The van der Waals surface area contributed by atoms with Gasteiger partial charge in [0.1, 0.15) is 11.6 Å². The van der Waals surface area contributed by atoms with Crippen LogP contribution >= 0.6 is 0 Å². The predicted molar refractivity (Wildman–Crippen MR) is 160 cm³/mol. The van der Waals surface area contributed by atoms with Gasteiger partial charge in [0.15, 0.2) is 0 Å². The number of nitrogens with one attached hydrogen (secondary N) is 1. The van der Waals surface area contributed by atoms with E-state index in [1.807, 2.05) is 53.6 Å². The molecule has 40 heavy (non-hydrogen) atoms. The number of amides is 2. The molecule has 2 heterocycles. The average Bonchev–Trinajstić information content (AvgIpc) is 3.13. The third-order valence-corrected chi connectivity index (χ3v) is 6.72. The van der Waals surface area contributed by atoms with Crippen molar-refractivity contribution in [3.8, 4) is 5.75 Å². The second-order valence-electron chi connectivity index (χ2n) is 9.90. The molecule has 3 aromatic rings. The summed E-state index contributed by atoms with van der Waals surface area (Å²) in [6, 6.07) is 15.2. The van der Waals surface area contributed by atoms with E-state index in [-0.39, 0.29) is 18.2 Å². The number of hydrogen-bond acceptors (Lipinski definition) is 6. The molecular formula is C32H37N5O3. The van der Waals surface area contributed by atoms with Crippen molar-refractivity contribution >= 4 is 35.1 Å². The number of methoxy groups -OCH3 is 1. The lowest BCUT2D eigenvalue weighted by atomic mass is 10.0. The highest BCUT2D eigenvalue weighted by molar-refractivity contribution is 6.07. The Labute approximate surface area is 236 Å². The molecule has 0 aliphatic carbocycles. The fraction of sp³-hybridized carbons (Fsp3) is 0.312. The molecule has 0 radical (unpaired) electrons. The summed E-state index contributed by atoms with van der Waals surface area (Å²) in [7, 11) is 1.65. The summed E-state index contributed by atoms with van der Waals surface area (Å²) in [6.07, 6.45) is 8.97. The van der Waals surface area contributed by atoms with Crippen LogP contribution in [0.15, 0.2) is 71.5 Å². The second kappa shape index (κ2) is 13.6. The number of aromatic nitrogens is 1. The number of fused-ring (bicyclic) bond motifs is 1. The topological polar surface area (TPSA) is 110 Å². The summed E-state index contributed by atoms with van der Waals surface area (Å²) in [4.78, 5) is 37.0. The minimum atomic E-state index is -0.271. The van der Waals surface area contributed by atoms with Gasteiger partial charge in [-0.1, -0.05) is 32.0 Å². The van der Waals surface area contributed by atoms with Gasteiger partial charge in [-0.15, -0.1) is 0 Å². The van der Waals surface area contributed by atoms with Gasteiger partial charge in [-0.2, -0.15) is 0 Å². The number of anilines is 1. The molecule has 0 fully saturated rings. The normalized spacial score (nSPS) is 12.5. The van der Waals surface area contributed by atoms with Gasteiger partial charge in [0.05, 0.1) is 24.7 Å². The summed E-state index contributed by atoms with van der Waals surface area (Å²) < 4.78 is 5.22. The molecule has 2 aromatic carbocycles. The van der Waals surface area contributed by atoms with Crippen LogP contribution in [0, 0.1) is 0 Å². The van der Waals surface area contributed by atoms with Gasteiger partial charge in [0.2, 0.25) is 5.91 Å². The number of rotatable bonds is 11. The molecule has 1 aliphatic heterocycles. The molecule has 0 saturated heterocycles. The zero-order valence-electron chi connectivity index (χ0n) is 23.4. The van der Waals surface area contributed by atoms with Gasteiger partial charge < -0.3 is 20.7 Å². The third kappa shape index (κ3) is 7.34. The molecular weight excluding hydrogens is 502 g/mol. The molecule has 0 bridgehead atoms. The summed E-state index contributed by atoms with van der Waals surface area (Å²) in [5, 5.41) is 2.94. The van der Waals surface area contributed by atoms with Crippen molar-refractivity contribution in [2.45, 2.75) is 46.0 Å². The van der Waals surface area contributed by atoms with E-state index in [0.717, 1.165) is 42.6 Å². The van der Waals surface area contributed by atoms with Crippen LogP contribution in [0.5, 0.6) is 5.75 Å². The maximum Gasteiger partial charge on any atom is 0.255 e. The Kier molecular flexibility index (Phi) is 9.67. The van der Waals surface area contributed by atoms with Crippen LogP contribution < -0.4 is 15.8 Å². The fourth-order valence-corrected chi connectivity index (χ4v) is 4.70. The molecule has 2 amide bonds. The van der Waals surface area contributed by atoms with Gasteiger partial charge in [-0.3, -0.25) is 14.6 Å². The standard InChI is InChI=1S/C32H37N5O3/c1-4-14-37(15-5-2)32(39)26-17-24-10-11-25(18-29(24)36-30(33)19-26)31(38)35-27-16-23(20-34-21-27)7-6-22-8-12-28(40-3)13-9-22/h8-13,16-18,20-21H,4-7,14-15,19H2,1-3H3,(H2,33,36)(H,35,38). The van der Waals surface area contributed by atoms with Crippen LogP contribution in [-0.2, 0) is 17.6 Å². The zero-order valence-corrected chi connectivity index (χ0v) is 23.4. The lowest BCUT2D eigenvalue weighted by molar-refractivity contribution is -0.127. The molecule has 8 nitrogen and oxygen atoms in total. The van der Waals surface area contributed by atoms with E-state index >= 15 is 0 Å². The molecule has 1 aromatic heterocycles.